The summed E-state index contributed by atoms with van der Waals surface area (Å²) in [6.07, 6.45) is 3.58. The van der Waals surface area contributed by atoms with Crippen LogP contribution < -0.4 is 0 Å². The van der Waals surface area contributed by atoms with E-state index >= 15 is 0 Å². The van der Waals surface area contributed by atoms with Crippen molar-refractivity contribution in [3.63, 3.8) is 0 Å². The minimum absolute atomic E-state index is 0.117. The molecule has 0 aliphatic heterocycles. The maximum Gasteiger partial charge on any atom is 0.0654 e. The van der Waals surface area contributed by atoms with Crippen LogP contribution in [0.25, 0.3) is 0 Å². The van der Waals surface area contributed by atoms with Crippen molar-refractivity contribution in [2.24, 2.45) is 16.5 Å². The van der Waals surface area contributed by atoms with Gasteiger partial charge in [-0.15, -0.1) is 0 Å². The van der Waals surface area contributed by atoms with E-state index < -0.39 is 0 Å². The lowest BCUT2D eigenvalue weighted by Crippen LogP contribution is -2.33. The Bertz CT molecular complexity index is 172. The monoisotopic (exact) mass is 155 g/mol. The zero-order valence-corrected chi connectivity index (χ0v) is 7.59. The van der Waals surface area contributed by atoms with Gasteiger partial charge in [0.05, 0.1) is 5.71 Å². The fourth-order valence-corrected chi connectivity index (χ4v) is 2.02. The molecule has 1 atom stereocenters. The van der Waals surface area contributed by atoms with Crippen LogP contribution in [0.2, 0.25) is 0 Å². The second-order valence-electron chi connectivity index (χ2n) is 4.16. The maximum absolute atomic E-state index is 8.79. The molecule has 0 spiro atoms. The number of oxime groups is 1. The lowest BCUT2D eigenvalue weighted by Gasteiger charge is -2.34. The predicted octanol–water partition coefficient (Wildman–Crippen LogP) is 2.66. The van der Waals surface area contributed by atoms with Crippen LogP contribution in [-0.2, 0) is 0 Å². The summed E-state index contributed by atoms with van der Waals surface area (Å²) in [6, 6.07) is 0. The molecule has 0 bridgehead atoms. The molecule has 1 rings (SSSR count). The molecule has 11 heavy (non-hydrogen) atoms. The van der Waals surface area contributed by atoms with Crippen molar-refractivity contribution in [2.45, 2.75) is 40.0 Å². The molecule has 0 saturated heterocycles. The Labute approximate surface area is 68.3 Å². The van der Waals surface area contributed by atoms with Crippen molar-refractivity contribution in [2.75, 3.05) is 0 Å². The predicted molar refractivity (Wildman–Crippen MR) is 46.0 cm³/mol. The summed E-state index contributed by atoms with van der Waals surface area (Å²) >= 11 is 0. The van der Waals surface area contributed by atoms with Crippen molar-refractivity contribution < 1.29 is 5.21 Å². The molecule has 2 heteroatoms. The van der Waals surface area contributed by atoms with E-state index in [9.17, 15) is 0 Å². The van der Waals surface area contributed by atoms with Gasteiger partial charge >= 0.3 is 0 Å². The average Bonchev–Trinajstić information content (AvgIpc) is 1.86. The van der Waals surface area contributed by atoms with Gasteiger partial charge in [-0.3, -0.25) is 0 Å². The number of nitrogens with zero attached hydrogens (tertiary/aromatic N) is 1. The Kier molecular flexibility index (Phi) is 2.21. The molecular weight excluding hydrogens is 138 g/mol. The van der Waals surface area contributed by atoms with E-state index in [2.05, 4.69) is 25.9 Å². The van der Waals surface area contributed by atoms with Gasteiger partial charge < -0.3 is 5.21 Å². The zero-order valence-electron chi connectivity index (χ0n) is 7.59. The van der Waals surface area contributed by atoms with Crippen LogP contribution in [0.15, 0.2) is 5.16 Å². The Hall–Kier alpha value is -0.530. The van der Waals surface area contributed by atoms with Crippen LogP contribution in [0, 0.1) is 11.3 Å². The first-order chi connectivity index (χ1) is 5.08. The van der Waals surface area contributed by atoms with Gasteiger partial charge in [-0.2, -0.15) is 0 Å². The quantitative estimate of drug-likeness (QED) is 0.423. The highest BCUT2D eigenvalue weighted by atomic mass is 16.4. The number of hydrogen-bond donors (Lipinski definition) is 1. The molecule has 1 aliphatic carbocycles. The second-order valence-corrected chi connectivity index (χ2v) is 4.16. The third-order valence-corrected chi connectivity index (χ3v) is 2.71. The molecule has 0 aromatic rings. The van der Waals surface area contributed by atoms with E-state index in [0.717, 1.165) is 12.1 Å². The largest absolute Gasteiger partial charge is 0.411 e. The maximum atomic E-state index is 8.79. The highest BCUT2D eigenvalue weighted by Crippen LogP contribution is 2.35. The summed E-state index contributed by atoms with van der Waals surface area (Å²) in [7, 11) is 0. The van der Waals surface area contributed by atoms with Gasteiger partial charge in [-0.1, -0.05) is 32.3 Å². The van der Waals surface area contributed by atoms with Crippen molar-refractivity contribution in [1.82, 2.24) is 0 Å². The molecular formula is C9H17NO. The van der Waals surface area contributed by atoms with Crippen LogP contribution in [0.4, 0.5) is 0 Å². The summed E-state index contributed by atoms with van der Waals surface area (Å²) in [6.45, 7) is 6.44. The number of hydrogen-bond acceptors (Lipinski definition) is 2. The second kappa shape index (κ2) is 2.84. The molecule has 1 fully saturated rings. The fourth-order valence-electron chi connectivity index (χ4n) is 2.02. The Morgan fingerprint density at radius 1 is 1.55 bits per heavy atom. The van der Waals surface area contributed by atoms with Gasteiger partial charge in [0.15, 0.2) is 0 Å². The normalized spacial score (nSPS) is 34.1. The van der Waals surface area contributed by atoms with Crippen LogP contribution in [0.1, 0.15) is 40.0 Å². The number of rotatable bonds is 0. The highest BCUT2D eigenvalue weighted by Gasteiger charge is 2.33. The summed E-state index contributed by atoms with van der Waals surface area (Å²) in [5.74, 6) is 0.462. The topological polar surface area (TPSA) is 32.6 Å². The standard InChI is InChI=1S/C9H17NO/c1-7-5-4-6-9(2,3)8(7)10-11/h7,11H,4-6H2,1-3H3/t7-/m0/s1. The van der Waals surface area contributed by atoms with E-state index in [1.807, 2.05) is 0 Å². The van der Waals surface area contributed by atoms with Gasteiger partial charge in [0.2, 0.25) is 0 Å². The van der Waals surface area contributed by atoms with Gasteiger partial charge in [-0.25, -0.2) is 0 Å². The lowest BCUT2D eigenvalue weighted by molar-refractivity contribution is 0.285. The Balaban J connectivity index is 2.82. The van der Waals surface area contributed by atoms with Crippen LogP contribution in [0.3, 0.4) is 0 Å². The summed E-state index contributed by atoms with van der Waals surface area (Å²) in [5.41, 5.74) is 1.09. The van der Waals surface area contributed by atoms with Gasteiger partial charge in [0.25, 0.3) is 0 Å². The molecule has 0 radical (unpaired) electrons. The van der Waals surface area contributed by atoms with Gasteiger partial charge in [-0.05, 0) is 18.8 Å². The van der Waals surface area contributed by atoms with Crippen molar-refractivity contribution in [3.05, 3.63) is 0 Å². The van der Waals surface area contributed by atoms with Gasteiger partial charge in [0.1, 0.15) is 0 Å². The first kappa shape index (κ1) is 8.57. The zero-order chi connectivity index (χ0) is 8.48. The summed E-state index contributed by atoms with van der Waals surface area (Å²) in [5, 5.41) is 12.2. The van der Waals surface area contributed by atoms with E-state index in [-0.39, 0.29) is 5.41 Å². The lowest BCUT2D eigenvalue weighted by atomic mass is 9.71. The smallest absolute Gasteiger partial charge is 0.0654 e. The van der Waals surface area contributed by atoms with Crippen molar-refractivity contribution >= 4 is 5.71 Å². The Morgan fingerprint density at radius 2 is 2.18 bits per heavy atom. The molecule has 1 saturated carbocycles. The first-order valence-electron chi connectivity index (χ1n) is 4.30. The SMILES string of the molecule is C[C@H]1CCCC(C)(C)C1=NO. The summed E-state index contributed by atoms with van der Waals surface area (Å²) < 4.78 is 0. The van der Waals surface area contributed by atoms with Crippen LogP contribution in [-0.4, -0.2) is 10.9 Å². The minimum Gasteiger partial charge on any atom is -0.411 e. The third-order valence-electron chi connectivity index (χ3n) is 2.71. The van der Waals surface area contributed by atoms with E-state index in [1.54, 1.807) is 0 Å². The molecule has 0 amide bonds. The summed E-state index contributed by atoms with van der Waals surface area (Å²) in [4.78, 5) is 0. The van der Waals surface area contributed by atoms with E-state index in [0.29, 0.717) is 5.92 Å². The molecule has 0 unspecified atom stereocenters. The molecule has 0 aromatic heterocycles. The van der Waals surface area contributed by atoms with E-state index in [1.165, 1.54) is 12.8 Å². The molecule has 0 aromatic carbocycles. The Morgan fingerprint density at radius 3 is 2.55 bits per heavy atom. The fraction of sp³-hybridized carbons (Fsp3) is 0.889. The van der Waals surface area contributed by atoms with Crippen LogP contribution >= 0.6 is 0 Å². The molecule has 1 N–H and O–H groups in total. The first-order valence-corrected chi connectivity index (χ1v) is 4.30. The highest BCUT2D eigenvalue weighted by molar-refractivity contribution is 5.91. The average molecular weight is 155 g/mol. The molecule has 2 nitrogen and oxygen atoms in total. The molecule has 1 aliphatic rings. The van der Waals surface area contributed by atoms with E-state index in [4.69, 9.17) is 5.21 Å². The molecule has 64 valence electrons. The third kappa shape index (κ3) is 1.55. The minimum atomic E-state index is 0.117. The van der Waals surface area contributed by atoms with Gasteiger partial charge in [0, 0.05) is 5.41 Å². The molecule has 0 heterocycles. The van der Waals surface area contributed by atoms with Crippen molar-refractivity contribution in [1.29, 1.82) is 0 Å². The van der Waals surface area contributed by atoms with Crippen molar-refractivity contribution in [3.8, 4) is 0 Å². The van der Waals surface area contributed by atoms with Crippen LogP contribution in [0.5, 0.6) is 0 Å².